The highest BCUT2D eigenvalue weighted by Crippen LogP contribution is 2.30. The third-order valence-corrected chi connectivity index (χ3v) is 3.46. The van der Waals surface area contributed by atoms with Crippen LogP contribution in [0, 0.1) is 18.3 Å². The number of aromatic nitrogens is 1. The van der Waals surface area contributed by atoms with Crippen molar-refractivity contribution in [3.05, 3.63) is 39.8 Å². The van der Waals surface area contributed by atoms with Crippen LogP contribution < -0.4 is 11.5 Å². The predicted octanol–water partition coefficient (Wildman–Crippen LogP) is 2.09. The Kier molecular flexibility index (Phi) is 3.40. The number of rotatable bonds is 2. The molecule has 0 saturated heterocycles. The number of aromatic hydroxyl groups is 1. The van der Waals surface area contributed by atoms with E-state index in [0.29, 0.717) is 27.4 Å². The van der Waals surface area contributed by atoms with Crippen molar-refractivity contribution in [1.29, 1.82) is 5.26 Å². The van der Waals surface area contributed by atoms with E-state index in [0.717, 1.165) is 0 Å². The topological polar surface area (TPSA) is 109 Å². The first-order chi connectivity index (χ1) is 9.04. The number of phenols is 1. The first-order valence-corrected chi connectivity index (χ1v) is 6.31. The zero-order valence-corrected chi connectivity index (χ0v) is 11.0. The molecule has 1 aromatic carbocycles. The van der Waals surface area contributed by atoms with Crippen LogP contribution in [0.15, 0.2) is 23.7 Å². The first kappa shape index (κ1) is 12.9. The van der Waals surface area contributed by atoms with Crippen LogP contribution in [0.25, 0.3) is 11.3 Å². The van der Waals surface area contributed by atoms with Crippen molar-refractivity contribution in [3.8, 4) is 11.8 Å². The minimum absolute atomic E-state index is 0.0318. The van der Waals surface area contributed by atoms with Crippen molar-refractivity contribution < 1.29 is 5.11 Å². The lowest BCUT2D eigenvalue weighted by Crippen LogP contribution is -2.02. The van der Waals surface area contributed by atoms with E-state index in [-0.39, 0.29) is 11.4 Å². The van der Waals surface area contributed by atoms with E-state index < -0.39 is 0 Å². The van der Waals surface area contributed by atoms with E-state index >= 15 is 0 Å². The SMILES string of the molecule is Cc1cc(/C(N)=C(\C#N)c2nccs2)cc(N)c1O. The summed E-state index contributed by atoms with van der Waals surface area (Å²) in [7, 11) is 0. The van der Waals surface area contributed by atoms with Gasteiger partial charge in [-0.2, -0.15) is 5.26 Å². The fraction of sp³-hybridized carbons (Fsp3) is 0.0769. The van der Waals surface area contributed by atoms with Gasteiger partial charge in [-0.15, -0.1) is 11.3 Å². The van der Waals surface area contributed by atoms with Crippen LogP contribution in [0.2, 0.25) is 0 Å². The highest BCUT2D eigenvalue weighted by atomic mass is 32.1. The molecule has 0 radical (unpaired) electrons. The quantitative estimate of drug-likeness (QED) is 0.440. The summed E-state index contributed by atoms with van der Waals surface area (Å²) < 4.78 is 0. The van der Waals surface area contributed by atoms with Crippen molar-refractivity contribution in [1.82, 2.24) is 4.98 Å². The summed E-state index contributed by atoms with van der Waals surface area (Å²) in [5.41, 5.74) is 13.7. The van der Waals surface area contributed by atoms with Gasteiger partial charge in [0.2, 0.25) is 0 Å². The molecule has 1 aromatic heterocycles. The molecule has 19 heavy (non-hydrogen) atoms. The van der Waals surface area contributed by atoms with Crippen LogP contribution in [0.1, 0.15) is 16.1 Å². The third kappa shape index (κ3) is 2.37. The molecule has 0 amide bonds. The fourth-order valence-corrected chi connectivity index (χ4v) is 2.32. The molecule has 0 aliphatic rings. The molecule has 0 aliphatic heterocycles. The number of anilines is 1. The molecule has 0 saturated carbocycles. The summed E-state index contributed by atoms with van der Waals surface area (Å²) in [6.45, 7) is 1.72. The summed E-state index contributed by atoms with van der Waals surface area (Å²) >= 11 is 1.34. The van der Waals surface area contributed by atoms with Gasteiger partial charge in [0.1, 0.15) is 22.4 Å². The number of nitrogens with two attached hydrogens (primary N) is 2. The Labute approximate surface area is 114 Å². The predicted molar refractivity (Wildman–Crippen MR) is 76.0 cm³/mol. The third-order valence-electron chi connectivity index (χ3n) is 2.67. The molecule has 96 valence electrons. The summed E-state index contributed by atoms with van der Waals surface area (Å²) in [5.74, 6) is 0.0318. The largest absolute Gasteiger partial charge is 0.506 e. The molecule has 0 atom stereocenters. The van der Waals surface area contributed by atoms with Crippen LogP contribution in [0.4, 0.5) is 5.69 Å². The lowest BCUT2D eigenvalue weighted by molar-refractivity contribution is 0.474. The number of hydrogen-bond donors (Lipinski definition) is 3. The van der Waals surface area contributed by atoms with Crippen molar-refractivity contribution in [3.63, 3.8) is 0 Å². The minimum Gasteiger partial charge on any atom is -0.506 e. The van der Waals surface area contributed by atoms with Crippen LogP contribution >= 0.6 is 11.3 Å². The minimum atomic E-state index is 0.0318. The Bertz CT molecular complexity index is 660. The van der Waals surface area contributed by atoms with Crippen molar-refractivity contribution in [2.45, 2.75) is 6.92 Å². The normalized spacial score (nSPS) is 11.8. The van der Waals surface area contributed by atoms with E-state index in [9.17, 15) is 10.4 Å². The highest BCUT2D eigenvalue weighted by molar-refractivity contribution is 7.10. The molecule has 2 rings (SSSR count). The monoisotopic (exact) mass is 272 g/mol. The van der Waals surface area contributed by atoms with Gasteiger partial charge in [-0.3, -0.25) is 0 Å². The van der Waals surface area contributed by atoms with Crippen molar-refractivity contribution >= 4 is 28.3 Å². The molecule has 0 fully saturated rings. The summed E-state index contributed by atoms with van der Waals surface area (Å²) in [6.07, 6.45) is 1.61. The van der Waals surface area contributed by atoms with E-state index in [1.807, 2.05) is 0 Å². The Morgan fingerprint density at radius 1 is 1.47 bits per heavy atom. The molecule has 5 nitrogen and oxygen atoms in total. The number of allylic oxidation sites excluding steroid dienone is 1. The molecule has 6 heteroatoms. The number of benzene rings is 1. The van der Waals surface area contributed by atoms with E-state index in [4.69, 9.17) is 11.5 Å². The van der Waals surface area contributed by atoms with Gasteiger partial charge in [0.25, 0.3) is 0 Å². The van der Waals surface area contributed by atoms with Gasteiger partial charge >= 0.3 is 0 Å². The fourth-order valence-electron chi connectivity index (χ4n) is 1.68. The molecule has 0 aliphatic carbocycles. The lowest BCUT2D eigenvalue weighted by atomic mass is 10.0. The van der Waals surface area contributed by atoms with Crippen LogP contribution in [0.3, 0.4) is 0 Å². The van der Waals surface area contributed by atoms with Crippen molar-refractivity contribution in [2.75, 3.05) is 5.73 Å². The number of aryl methyl sites for hydroxylation is 1. The smallest absolute Gasteiger partial charge is 0.141 e. The van der Waals surface area contributed by atoms with E-state index in [2.05, 4.69) is 11.1 Å². The Hall–Kier alpha value is -2.52. The summed E-state index contributed by atoms with van der Waals surface area (Å²) in [5, 5.41) is 21.2. The Morgan fingerprint density at radius 2 is 2.21 bits per heavy atom. The van der Waals surface area contributed by atoms with Gasteiger partial charge in [0.15, 0.2) is 0 Å². The summed E-state index contributed by atoms with van der Waals surface area (Å²) in [6, 6.07) is 5.29. The molecule has 5 N–H and O–H groups in total. The van der Waals surface area contributed by atoms with E-state index in [1.165, 1.54) is 11.3 Å². The molecule has 0 spiro atoms. The molecule has 2 aromatic rings. The molecule has 0 bridgehead atoms. The van der Waals surface area contributed by atoms with Gasteiger partial charge in [0.05, 0.1) is 11.4 Å². The second-order valence-electron chi connectivity index (χ2n) is 3.97. The van der Waals surface area contributed by atoms with Crippen LogP contribution in [-0.2, 0) is 0 Å². The van der Waals surface area contributed by atoms with Gasteiger partial charge in [0, 0.05) is 17.1 Å². The number of phenolic OH excluding ortho intramolecular Hbond substituents is 1. The zero-order valence-electron chi connectivity index (χ0n) is 10.2. The maximum atomic E-state index is 9.64. The highest BCUT2D eigenvalue weighted by Gasteiger charge is 2.13. The molecular formula is C13H12N4OS. The van der Waals surface area contributed by atoms with Gasteiger partial charge in [-0.1, -0.05) is 0 Å². The number of nitrogen functional groups attached to an aromatic ring is 1. The van der Waals surface area contributed by atoms with Crippen LogP contribution in [0.5, 0.6) is 5.75 Å². The summed E-state index contributed by atoms with van der Waals surface area (Å²) in [4.78, 5) is 4.07. The molecular weight excluding hydrogens is 260 g/mol. The molecule has 1 heterocycles. The number of nitrogens with zero attached hydrogens (tertiary/aromatic N) is 2. The maximum absolute atomic E-state index is 9.64. The van der Waals surface area contributed by atoms with Gasteiger partial charge < -0.3 is 16.6 Å². The zero-order chi connectivity index (χ0) is 14.0. The average Bonchev–Trinajstić information content (AvgIpc) is 2.90. The average molecular weight is 272 g/mol. The van der Waals surface area contributed by atoms with Crippen molar-refractivity contribution in [2.24, 2.45) is 5.73 Å². The first-order valence-electron chi connectivity index (χ1n) is 5.43. The Balaban J connectivity index is 2.61. The van der Waals surface area contributed by atoms with Gasteiger partial charge in [-0.25, -0.2) is 4.98 Å². The standard InChI is InChI=1S/C13H12N4OS/c1-7-4-8(5-10(15)12(7)18)11(16)9(6-14)13-17-2-3-19-13/h2-5,18H,15-16H2,1H3/b11-9-. The molecule has 0 unspecified atom stereocenters. The van der Waals surface area contributed by atoms with Gasteiger partial charge in [-0.05, 0) is 24.6 Å². The Morgan fingerprint density at radius 3 is 2.74 bits per heavy atom. The second kappa shape index (κ2) is 5.00. The maximum Gasteiger partial charge on any atom is 0.141 e. The van der Waals surface area contributed by atoms with E-state index in [1.54, 1.807) is 30.6 Å². The lowest BCUT2D eigenvalue weighted by Gasteiger charge is -2.09. The number of thiazole rings is 1. The van der Waals surface area contributed by atoms with Crippen LogP contribution in [-0.4, -0.2) is 10.1 Å². The second-order valence-corrected chi connectivity index (χ2v) is 4.86. The number of hydrogen-bond acceptors (Lipinski definition) is 6. The number of nitriles is 1.